The smallest absolute Gasteiger partial charge is 0.289 e. The molecule has 0 saturated heterocycles. The van der Waals surface area contributed by atoms with Crippen LogP contribution in [0.3, 0.4) is 0 Å². The largest absolute Gasteiger partial charge is 0.486 e. The highest BCUT2D eigenvalue weighted by atomic mass is 32.1. The van der Waals surface area contributed by atoms with Gasteiger partial charge in [-0.15, -0.1) is 0 Å². The van der Waals surface area contributed by atoms with Gasteiger partial charge in [0, 0.05) is 19.2 Å². The van der Waals surface area contributed by atoms with E-state index in [1.54, 1.807) is 6.92 Å². The minimum Gasteiger partial charge on any atom is -0.486 e. The molecule has 1 amide bonds. The molecule has 26 heavy (non-hydrogen) atoms. The minimum atomic E-state index is -0.664. The average Bonchev–Trinajstić information content (AvgIpc) is 2.95. The van der Waals surface area contributed by atoms with Gasteiger partial charge in [-0.1, -0.05) is 29.5 Å². The molecule has 1 aromatic heterocycles. The van der Waals surface area contributed by atoms with Gasteiger partial charge in [-0.05, 0) is 19.1 Å². The summed E-state index contributed by atoms with van der Waals surface area (Å²) in [5.41, 5.74) is 0.947. The first-order valence-electron chi connectivity index (χ1n) is 8.31. The maximum absolute atomic E-state index is 12.5. The second-order valence-corrected chi connectivity index (χ2v) is 6.94. The topological polar surface area (TPSA) is 62.0 Å². The fraction of sp³-hybridized carbons (Fsp3) is 0.263. The van der Waals surface area contributed by atoms with Crippen LogP contribution in [0.15, 0.2) is 47.5 Å². The van der Waals surface area contributed by atoms with Gasteiger partial charge in [0.1, 0.15) is 19.0 Å². The van der Waals surface area contributed by atoms with Crippen molar-refractivity contribution in [2.45, 2.75) is 13.0 Å². The molecule has 1 atom stereocenters. The summed E-state index contributed by atoms with van der Waals surface area (Å²) >= 11 is 1.43. The molecule has 0 saturated carbocycles. The van der Waals surface area contributed by atoms with Crippen molar-refractivity contribution in [2.75, 3.05) is 13.2 Å². The lowest BCUT2D eigenvalue weighted by molar-refractivity contribution is -0.124. The maximum Gasteiger partial charge on any atom is 0.289 e. The van der Waals surface area contributed by atoms with Crippen LogP contribution in [0.1, 0.15) is 6.92 Å². The second-order valence-electron chi connectivity index (χ2n) is 5.93. The summed E-state index contributed by atoms with van der Waals surface area (Å²) in [5, 5.41) is 0. The molecule has 134 valence electrons. The molecule has 6 nitrogen and oxygen atoms in total. The number of nitrogens with zero attached hydrogens (tertiary/aromatic N) is 2. The molecule has 0 spiro atoms. The number of hydrogen-bond acceptors (Lipinski definition) is 5. The minimum absolute atomic E-state index is 0.326. The number of fused-ring (bicyclic) bond motifs is 2. The van der Waals surface area contributed by atoms with Gasteiger partial charge in [0.25, 0.3) is 5.91 Å². The fourth-order valence-corrected chi connectivity index (χ4v) is 3.74. The average molecular weight is 370 g/mol. The fourth-order valence-electron chi connectivity index (χ4n) is 2.71. The van der Waals surface area contributed by atoms with Crippen LogP contribution in [0.4, 0.5) is 0 Å². The summed E-state index contributed by atoms with van der Waals surface area (Å²) in [7, 11) is 1.88. The van der Waals surface area contributed by atoms with Gasteiger partial charge in [0.05, 0.1) is 10.2 Å². The van der Waals surface area contributed by atoms with Crippen molar-refractivity contribution in [3.05, 3.63) is 47.3 Å². The summed E-state index contributed by atoms with van der Waals surface area (Å²) in [4.78, 5) is 17.3. The number of hydrogen-bond donors (Lipinski definition) is 0. The molecule has 0 radical (unpaired) electrons. The molecular formula is C19H18N2O4S. The van der Waals surface area contributed by atoms with E-state index in [0.29, 0.717) is 23.8 Å². The van der Waals surface area contributed by atoms with Crippen LogP contribution in [-0.4, -0.2) is 29.8 Å². The zero-order valence-corrected chi connectivity index (χ0v) is 15.3. The number of aryl methyl sites for hydroxylation is 1. The molecule has 1 aliphatic rings. The van der Waals surface area contributed by atoms with Crippen LogP contribution in [0, 0.1) is 0 Å². The Kier molecular flexibility index (Phi) is 4.38. The number of aromatic nitrogens is 1. The molecule has 1 unspecified atom stereocenters. The number of ether oxygens (including phenoxy) is 3. The maximum atomic E-state index is 12.5. The van der Waals surface area contributed by atoms with Gasteiger partial charge in [-0.2, -0.15) is 4.99 Å². The van der Waals surface area contributed by atoms with E-state index in [2.05, 4.69) is 4.99 Å². The van der Waals surface area contributed by atoms with Gasteiger partial charge in [-0.25, -0.2) is 0 Å². The third kappa shape index (κ3) is 3.17. The standard InChI is InChI=1S/C19H18N2O4S/c1-12(25-13-6-4-3-5-7-13)18(22)20-19-21(2)14-10-15-16(11-17(14)26-19)24-9-8-23-15/h3-7,10-12H,8-9H2,1-2H3. The summed E-state index contributed by atoms with van der Waals surface area (Å²) < 4.78 is 19.8. The first-order chi connectivity index (χ1) is 12.6. The zero-order valence-electron chi connectivity index (χ0n) is 14.5. The van der Waals surface area contributed by atoms with Crippen LogP contribution >= 0.6 is 11.3 Å². The zero-order chi connectivity index (χ0) is 18.1. The third-order valence-corrected chi connectivity index (χ3v) is 5.18. The van der Waals surface area contributed by atoms with Crippen molar-refractivity contribution in [2.24, 2.45) is 12.0 Å². The Hall–Kier alpha value is -2.80. The van der Waals surface area contributed by atoms with Gasteiger partial charge in [-0.3, -0.25) is 4.79 Å². The van der Waals surface area contributed by atoms with Crippen molar-refractivity contribution in [1.82, 2.24) is 4.57 Å². The van der Waals surface area contributed by atoms with Crippen molar-refractivity contribution in [1.29, 1.82) is 0 Å². The lowest BCUT2D eigenvalue weighted by atomic mass is 10.3. The summed E-state index contributed by atoms with van der Waals surface area (Å²) in [5.74, 6) is 1.76. The number of rotatable bonds is 3. The molecule has 7 heteroatoms. The molecular weight excluding hydrogens is 352 g/mol. The SMILES string of the molecule is CC(Oc1ccccc1)C(=O)N=c1sc2cc3c(cc2n1C)OCCO3. The third-order valence-electron chi connectivity index (χ3n) is 4.08. The highest BCUT2D eigenvalue weighted by molar-refractivity contribution is 7.16. The van der Waals surface area contributed by atoms with E-state index in [1.165, 1.54) is 11.3 Å². The highest BCUT2D eigenvalue weighted by Crippen LogP contribution is 2.35. The molecule has 2 heterocycles. The first kappa shape index (κ1) is 16.7. The molecule has 0 bridgehead atoms. The Labute approximate surface area is 154 Å². The lowest BCUT2D eigenvalue weighted by Gasteiger charge is -2.18. The Balaban J connectivity index is 1.64. The van der Waals surface area contributed by atoms with E-state index in [4.69, 9.17) is 14.2 Å². The molecule has 0 aliphatic carbocycles. The predicted octanol–water partition coefficient (Wildman–Crippen LogP) is 2.91. The van der Waals surface area contributed by atoms with Crippen LogP contribution in [-0.2, 0) is 11.8 Å². The Bertz CT molecular complexity index is 1020. The van der Waals surface area contributed by atoms with E-state index >= 15 is 0 Å². The number of amides is 1. The van der Waals surface area contributed by atoms with Gasteiger partial charge in [0.15, 0.2) is 22.4 Å². The van der Waals surface area contributed by atoms with Crippen molar-refractivity contribution in [3.63, 3.8) is 0 Å². The number of carbonyl (C=O) groups is 1. The van der Waals surface area contributed by atoms with Crippen molar-refractivity contribution < 1.29 is 19.0 Å². The summed E-state index contributed by atoms with van der Waals surface area (Å²) in [6, 6.07) is 13.1. The second kappa shape index (κ2) is 6.84. The monoisotopic (exact) mass is 370 g/mol. The van der Waals surface area contributed by atoms with Crippen molar-refractivity contribution >= 4 is 27.5 Å². The molecule has 4 rings (SSSR count). The van der Waals surface area contributed by atoms with E-state index in [0.717, 1.165) is 21.7 Å². The number of para-hydroxylation sites is 1. The van der Waals surface area contributed by atoms with Crippen LogP contribution in [0.25, 0.3) is 10.2 Å². The number of benzene rings is 2. The van der Waals surface area contributed by atoms with Gasteiger partial charge < -0.3 is 18.8 Å². The van der Waals surface area contributed by atoms with Gasteiger partial charge >= 0.3 is 0 Å². The highest BCUT2D eigenvalue weighted by Gasteiger charge is 2.17. The molecule has 3 aromatic rings. The molecule has 0 fully saturated rings. The Morgan fingerprint density at radius 2 is 1.88 bits per heavy atom. The van der Waals surface area contributed by atoms with Gasteiger partial charge in [0.2, 0.25) is 0 Å². The van der Waals surface area contributed by atoms with Crippen LogP contribution < -0.4 is 19.0 Å². The predicted molar refractivity (Wildman–Crippen MR) is 98.9 cm³/mol. The van der Waals surface area contributed by atoms with Crippen LogP contribution in [0.2, 0.25) is 0 Å². The Morgan fingerprint density at radius 1 is 1.19 bits per heavy atom. The molecule has 2 aromatic carbocycles. The first-order valence-corrected chi connectivity index (χ1v) is 9.13. The summed E-state index contributed by atoms with van der Waals surface area (Å²) in [6.07, 6.45) is -0.664. The van der Waals surface area contributed by atoms with E-state index in [1.807, 2.05) is 54.1 Å². The van der Waals surface area contributed by atoms with Crippen molar-refractivity contribution in [3.8, 4) is 17.2 Å². The van der Waals surface area contributed by atoms with Crippen LogP contribution in [0.5, 0.6) is 17.2 Å². The number of thiazole rings is 1. The lowest BCUT2D eigenvalue weighted by Crippen LogP contribution is -2.25. The number of carbonyl (C=O) groups excluding carboxylic acids is 1. The normalized spacial score (nSPS) is 15.1. The molecule has 1 aliphatic heterocycles. The Morgan fingerprint density at radius 3 is 2.62 bits per heavy atom. The summed E-state index contributed by atoms with van der Waals surface area (Å²) in [6.45, 7) is 2.78. The molecule has 0 N–H and O–H groups in total. The van der Waals surface area contributed by atoms with E-state index < -0.39 is 6.10 Å². The van der Waals surface area contributed by atoms with E-state index in [9.17, 15) is 4.79 Å². The van der Waals surface area contributed by atoms with E-state index in [-0.39, 0.29) is 5.91 Å². The quantitative estimate of drug-likeness (QED) is 0.711.